The molecule has 0 unspecified atom stereocenters. The van der Waals surface area contributed by atoms with E-state index in [1.54, 1.807) is 23.0 Å². The number of anilines is 2. The van der Waals surface area contributed by atoms with Gasteiger partial charge in [-0.15, -0.1) is 0 Å². The first-order chi connectivity index (χ1) is 10.7. The van der Waals surface area contributed by atoms with Gasteiger partial charge in [0.05, 0.1) is 30.3 Å². The number of nitrogens with one attached hydrogen (secondary N) is 1. The van der Waals surface area contributed by atoms with Crippen LogP contribution < -0.4 is 5.32 Å². The molecule has 112 valence electrons. The molecule has 0 aliphatic heterocycles. The zero-order valence-corrected chi connectivity index (χ0v) is 11.5. The van der Waals surface area contributed by atoms with Crippen molar-refractivity contribution in [2.45, 2.75) is 6.54 Å². The van der Waals surface area contributed by atoms with Crippen LogP contribution in [0, 0.1) is 0 Å². The fraction of sp³-hybridized carbons (Fsp3) is 0.143. The number of carboxylic acids is 1. The molecule has 1 aromatic carbocycles. The summed E-state index contributed by atoms with van der Waals surface area (Å²) in [5, 5.41) is 25.9. The number of aromatic nitrogens is 4. The molecule has 3 N–H and O–H groups in total. The van der Waals surface area contributed by atoms with E-state index in [2.05, 4.69) is 20.4 Å². The number of carboxylic acid groups (broad SMARTS) is 1. The molecular formula is C14H13N5O3. The Labute approximate surface area is 125 Å². The molecule has 0 saturated carbocycles. The number of aromatic carboxylic acids is 1. The van der Waals surface area contributed by atoms with Gasteiger partial charge in [0.25, 0.3) is 0 Å². The van der Waals surface area contributed by atoms with Gasteiger partial charge in [-0.3, -0.25) is 0 Å². The lowest BCUT2D eigenvalue weighted by Crippen LogP contribution is -2.05. The number of fused-ring (bicyclic) bond motifs is 1. The van der Waals surface area contributed by atoms with Gasteiger partial charge in [0.2, 0.25) is 0 Å². The van der Waals surface area contributed by atoms with Crippen LogP contribution >= 0.6 is 0 Å². The van der Waals surface area contributed by atoms with Gasteiger partial charge in [-0.25, -0.2) is 19.4 Å². The fourth-order valence-corrected chi connectivity index (χ4v) is 2.08. The van der Waals surface area contributed by atoms with Crippen LogP contribution in [0.15, 0.2) is 36.8 Å². The van der Waals surface area contributed by atoms with Crippen molar-refractivity contribution >= 4 is 28.5 Å². The maximum atomic E-state index is 10.8. The summed E-state index contributed by atoms with van der Waals surface area (Å²) in [5.41, 5.74) is 1.54. The van der Waals surface area contributed by atoms with Crippen LogP contribution in [0.2, 0.25) is 0 Å². The largest absolute Gasteiger partial charge is 0.478 e. The van der Waals surface area contributed by atoms with E-state index >= 15 is 0 Å². The lowest BCUT2D eigenvalue weighted by molar-refractivity contribution is 0.0697. The molecule has 8 heteroatoms. The average molecular weight is 299 g/mol. The van der Waals surface area contributed by atoms with E-state index in [0.717, 1.165) is 5.39 Å². The number of hydrogen-bond acceptors (Lipinski definition) is 6. The van der Waals surface area contributed by atoms with E-state index in [-0.39, 0.29) is 12.2 Å². The van der Waals surface area contributed by atoms with Crippen molar-refractivity contribution in [2.24, 2.45) is 0 Å². The topological polar surface area (TPSA) is 113 Å². The molecule has 0 amide bonds. The van der Waals surface area contributed by atoms with Gasteiger partial charge in [0, 0.05) is 5.69 Å². The van der Waals surface area contributed by atoms with E-state index in [4.69, 9.17) is 10.2 Å². The summed E-state index contributed by atoms with van der Waals surface area (Å²) >= 11 is 0. The lowest BCUT2D eigenvalue weighted by Gasteiger charge is -2.07. The Kier molecular flexibility index (Phi) is 3.67. The second-order valence-corrected chi connectivity index (χ2v) is 4.56. The number of carbonyl (C=O) groups is 1. The minimum absolute atomic E-state index is 0.0276. The van der Waals surface area contributed by atoms with Crippen molar-refractivity contribution in [3.63, 3.8) is 0 Å². The Bertz CT molecular complexity index is 813. The summed E-state index contributed by atoms with van der Waals surface area (Å²) in [5.74, 6) is -0.404. The highest BCUT2D eigenvalue weighted by atomic mass is 16.4. The van der Waals surface area contributed by atoms with E-state index in [0.29, 0.717) is 23.7 Å². The second-order valence-electron chi connectivity index (χ2n) is 4.56. The third-order valence-electron chi connectivity index (χ3n) is 3.14. The molecule has 8 nitrogen and oxygen atoms in total. The quantitative estimate of drug-likeness (QED) is 0.650. The second kappa shape index (κ2) is 5.78. The van der Waals surface area contributed by atoms with Crippen molar-refractivity contribution in [1.82, 2.24) is 19.7 Å². The predicted octanol–water partition coefficient (Wildman–Crippen LogP) is 1.26. The highest BCUT2D eigenvalue weighted by molar-refractivity contribution is 5.90. The van der Waals surface area contributed by atoms with Crippen LogP contribution in [0.5, 0.6) is 0 Å². The number of aliphatic hydroxyl groups excluding tert-OH is 1. The number of hydrogen-bond donors (Lipinski definition) is 3. The first-order valence-electron chi connectivity index (χ1n) is 6.57. The number of rotatable bonds is 5. The molecule has 3 rings (SSSR count). The summed E-state index contributed by atoms with van der Waals surface area (Å²) in [7, 11) is 0. The first-order valence-corrected chi connectivity index (χ1v) is 6.57. The van der Waals surface area contributed by atoms with Crippen LogP contribution in [0.4, 0.5) is 11.5 Å². The van der Waals surface area contributed by atoms with Gasteiger partial charge >= 0.3 is 5.97 Å². The van der Waals surface area contributed by atoms with Crippen molar-refractivity contribution in [2.75, 3.05) is 11.9 Å². The van der Waals surface area contributed by atoms with Crippen molar-refractivity contribution in [3.05, 3.63) is 42.4 Å². The van der Waals surface area contributed by atoms with Crippen LogP contribution in [0.3, 0.4) is 0 Å². The molecule has 0 saturated heterocycles. The molecule has 0 bridgehead atoms. The minimum atomic E-state index is -0.971. The van der Waals surface area contributed by atoms with Gasteiger partial charge < -0.3 is 15.5 Å². The molecule has 22 heavy (non-hydrogen) atoms. The van der Waals surface area contributed by atoms with Gasteiger partial charge in [-0.2, -0.15) is 5.10 Å². The van der Waals surface area contributed by atoms with Gasteiger partial charge in [-0.1, -0.05) is 0 Å². The predicted molar refractivity (Wildman–Crippen MR) is 79.1 cm³/mol. The van der Waals surface area contributed by atoms with Crippen LogP contribution in [-0.2, 0) is 6.54 Å². The van der Waals surface area contributed by atoms with Crippen LogP contribution in [0.1, 0.15) is 10.4 Å². The van der Waals surface area contributed by atoms with E-state index < -0.39 is 5.97 Å². The summed E-state index contributed by atoms with van der Waals surface area (Å²) in [6.45, 7) is 0.327. The third-order valence-corrected chi connectivity index (χ3v) is 3.14. The molecule has 0 atom stereocenters. The Balaban J connectivity index is 1.92. The van der Waals surface area contributed by atoms with Gasteiger partial charge in [-0.05, 0) is 24.3 Å². The fourth-order valence-electron chi connectivity index (χ4n) is 2.08. The number of aliphatic hydroxyl groups is 1. The average Bonchev–Trinajstić information content (AvgIpc) is 2.93. The third kappa shape index (κ3) is 2.59. The first kappa shape index (κ1) is 14.0. The van der Waals surface area contributed by atoms with Crippen molar-refractivity contribution < 1.29 is 15.0 Å². The molecule has 3 aromatic rings. The zero-order chi connectivity index (χ0) is 15.5. The van der Waals surface area contributed by atoms with E-state index in [1.165, 1.54) is 18.5 Å². The molecule has 2 aromatic heterocycles. The molecular weight excluding hydrogens is 286 g/mol. The van der Waals surface area contributed by atoms with Crippen molar-refractivity contribution in [3.8, 4) is 0 Å². The monoisotopic (exact) mass is 299 g/mol. The maximum Gasteiger partial charge on any atom is 0.335 e. The molecule has 2 heterocycles. The van der Waals surface area contributed by atoms with Crippen LogP contribution in [0.25, 0.3) is 11.0 Å². The molecule has 0 fully saturated rings. The Morgan fingerprint density at radius 2 is 2.00 bits per heavy atom. The normalized spacial score (nSPS) is 10.8. The molecule has 0 aliphatic carbocycles. The van der Waals surface area contributed by atoms with Crippen molar-refractivity contribution in [1.29, 1.82) is 0 Å². The summed E-state index contributed by atoms with van der Waals surface area (Å²) in [4.78, 5) is 19.2. The highest BCUT2D eigenvalue weighted by Gasteiger charge is 2.10. The Morgan fingerprint density at radius 3 is 2.68 bits per heavy atom. The Morgan fingerprint density at radius 1 is 1.23 bits per heavy atom. The van der Waals surface area contributed by atoms with Gasteiger partial charge in [0.15, 0.2) is 5.65 Å². The van der Waals surface area contributed by atoms with Gasteiger partial charge in [0.1, 0.15) is 12.1 Å². The maximum absolute atomic E-state index is 10.8. The number of nitrogens with zero attached hydrogens (tertiary/aromatic N) is 4. The highest BCUT2D eigenvalue weighted by Crippen LogP contribution is 2.22. The number of benzene rings is 1. The SMILES string of the molecule is O=C(O)c1ccc(Nc2ncnc3c2cnn3CCO)cc1. The van der Waals surface area contributed by atoms with E-state index in [9.17, 15) is 4.79 Å². The smallest absolute Gasteiger partial charge is 0.335 e. The molecule has 0 spiro atoms. The molecule has 0 aliphatic rings. The lowest BCUT2D eigenvalue weighted by atomic mass is 10.2. The standard InChI is InChI=1S/C14H13N5O3/c20-6-5-19-13-11(7-17-19)12(15-8-16-13)18-10-3-1-9(2-4-10)14(21)22/h1-4,7-8,20H,5-6H2,(H,21,22)(H,15,16,18). The zero-order valence-electron chi connectivity index (χ0n) is 11.5. The summed E-state index contributed by atoms with van der Waals surface area (Å²) < 4.78 is 1.59. The molecule has 0 radical (unpaired) electrons. The summed E-state index contributed by atoms with van der Waals surface area (Å²) in [6, 6.07) is 6.35. The Hall–Kier alpha value is -3.00. The summed E-state index contributed by atoms with van der Waals surface area (Å²) in [6.07, 6.45) is 3.03. The van der Waals surface area contributed by atoms with E-state index in [1.807, 2.05) is 0 Å². The minimum Gasteiger partial charge on any atom is -0.478 e. The van der Waals surface area contributed by atoms with Crippen LogP contribution in [-0.4, -0.2) is 42.5 Å².